The number of ether oxygens (including phenoxy) is 3. The van der Waals surface area contributed by atoms with Crippen LogP contribution in [0, 0.1) is 0 Å². The topological polar surface area (TPSA) is 82.1 Å². The van der Waals surface area contributed by atoms with Crippen molar-refractivity contribution >= 4 is 11.8 Å². The summed E-state index contributed by atoms with van der Waals surface area (Å²) in [6.07, 6.45) is 1.93. The van der Waals surface area contributed by atoms with Crippen molar-refractivity contribution in [2.24, 2.45) is 0 Å². The van der Waals surface area contributed by atoms with Crippen molar-refractivity contribution < 1.29 is 28.9 Å². The molecule has 0 saturated heterocycles. The quantitative estimate of drug-likeness (QED) is 0.228. The van der Waals surface area contributed by atoms with E-state index in [2.05, 4.69) is 11.7 Å². The molecule has 0 bridgehead atoms. The van der Waals surface area contributed by atoms with Crippen molar-refractivity contribution in [3.63, 3.8) is 0 Å². The van der Waals surface area contributed by atoms with Crippen LogP contribution in [-0.4, -0.2) is 42.3 Å². The van der Waals surface area contributed by atoms with Crippen molar-refractivity contribution in [1.29, 1.82) is 0 Å². The number of carbonyl (C=O) groups excluding carboxylic acids is 2. The highest BCUT2D eigenvalue weighted by atomic mass is 16.5. The summed E-state index contributed by atoms with van der Waals surface area (Å²) in [7, 11) is 1.26. The van der Waals surface area contributed by atoms with Gasteiger partial charge in [0.25, 0.3) is 0 Å². The van der Waals surface area contributed by atoms with Crippen LogP contribution in [0.3, 0.4) is 0 Å². The Labute approximate surface area is 219 Å². The number of Topliss-reactive ketones (excluding diaryl/α,β-unsaturated/α-hetero) is 1. The molecule has 37 heavy (non-hydrogen) atoms. The molecule has 0 aliphatic rings. The number of methoxy groups -OCH3 is 1. The van der Waals surface area contributed by atoms with Gasteiger partial charge in [0, 0.05) is 18.4 Å². The van der Waals surface area contributed by atoms with Gasteiger partial charge in [0.05, 0.1) is 19.3 Å². The zero-order valence-corrected chi connectivity index (χ0v) is 21.8. The third kappa shape index (κ3) is 9.07. The molecule has 6 nitrogen and oxygen atoms in total. The van der Waals surface area contributed by atoms with E-state index in [1.165, 1.54) is 7.11 Å². The highest BCUT2D eigenvalue weighted by Crippen LogP contribution is 2.21. The fourth-order valence-corrected chi connectivity index (χ4v) is 4.00. The third-order valence-corrected chi connectivity index (χ3v) is 6.20. The first-order valence-corrected chi connectivity index (χ1v) is 12.7. The van der Waals surface area contributed by atoms with Crippen LogP contribution in [-0.2, 0) is 22.4 Å². The first kappa shape index (κ1) is 27.9. The highest BCUT2D eigenvalue weighted by Gasteiger charge is 2.16. The number of hydrogen-bond acceptors (Lipinski definition) is 6. The van der Waals surface area contributed by atoms with Gasteiger partial charge in [-0.25, -0.2) is 4.79 Å². The molecule has 0 aliphatic heterocycles. The van der Waals surface area contributed by atoms with E-state index in [0.29, 0.717) is 12.0 Å². The van der Waals surface area contributed by atoms with E-state index in [1.54, 1.807) is 0 Å². The van der Waals surface area contributed by atoms with Crippen LogP contribution < -0.4 is 9.47 Å². The molecule has 3 unspecified atom stereocenters. The average Bonchev–Trinajstić information content (AvgIpc) is 2.92. The van der Waals surface area contributed by atoms with Crippen molar-refractivity contribution in [1.82, 2.24) is 0 Å². The number of rotatable bonds is 14. The monoisotopic (exact) mass is 504 g/mol. The van der Waals surface area contributed by atoms with Crippen LogP contribution in [0.2, 0.25) is 0 Å². The standard InChI is InChI=1S/C31H36O6/c1-4-26(37-28-16-11-24(12-17-28)21-30(33)31(34)35-3)15-10-22(2)36-27-18-13-25(14-19-27)29(32)20-23-8-6-5-7-9-23/h5-9,11-14,16-19,22,26,30,33H,4,10,15,20-21H2,1-3H3. The Balaban J connectivity index is 1.44. The Bertz CT molecular complexity index is 1110. The SMILES string of the molecule is CCC(CCC(C)Oc1ccc(C(=O)Cc2ccccc2)cc1)Oc1ccc(CC(O)C(=O)OC)cc1. The number of hydrogen-bond donors (Lipinski definition) is 1. The molecule has 0 heterocycles. The molecule has 3 rings (SSSR count). The van der Waals surface area contributed by atoms with Crippen molar-refractivity contribution in [3.05, 3.63) is 95.6 Å². The number of carbonyl (C=O) groups is 2. The van der Waals surface area contributed by atoms with E-state index in [-0.39, 0.29) is 24.4 Å². The molecule has 0 radical (unpaired) electrons. The largest absolute Gasteiger partial charge is 0.491 e. The summed E-state index contributed by atoms with van der Waals surface area (Å²) >= 11 is 0. The average molecular weight is 505 g/mol. The van der Waals surface area contributed by atoms with Gasteiger partial charge in [-0.3, -0.25) is 4.79 Å². The zero-order chi connectivity index (χ0) is 26.6. The van der Waals surface area contributed by atoms with Crippen LogP contribution in [0.4, 0.5) is 0 Å². The second kappa shape index (κ2) is 14.2. The summed E-state index contributed by atoms with van der Waals surface area (Å²) in [5.74, 6) is 0.923. The molecule has 0 spiro atoms. The molecule has 0 amide bonds. The molecule has 3 atom stereocenters. The van der Waals surface area contributed by atoms with E-state index < -0.39 is 12.1 Å². The Morgan fingerprint density at radius 1 is 0.811 bits per heavy atom. The van der Waals surface area contributed by atoms with Crippen LogP contribution in [0.1, 0.15) is 54.6 Å². The number of benzene rings is 3. The van der Waals surface area contributed by atoms with Gasteiger partial charge in [-0.2, -0.15) is 0 Å². The van der Waals surface area contributed by atoms with Crippen LogP contribution in [0.5, 0.6) is 11.5 Å². The number of ketones is 1. The molecule has 0 fully saturated rings. The van der Waals surface area contributed by atoms with Gasteiger partial charge in [0.15, 0.2) is 11.9 Å². The first-order valence-electron chi connectivity index (χ1n) is 12.7. The van der Waals surface area contributed by atoms with Crippen LogP contribution in [0.25, 0.3) is 0 Å². The summed E-state index contributed by atoms with van der Waals surface area (Å²) in [6.45, 7) is 4.12. The Morgan fingerprint density at radius 2 is 1.43 bits per heavy atom. The van der Waals surface area contributed by atoms with Gasteiger partial charge >= 0.3 is 5.97 Å². The Hall–Kier alpha value is -3.64. The maximum atomic E-state index is 12.5. The summed E-state index contributed by atoms with van der Waals surface area (Å²) in [6, 6.07) is 24.4. The molecule has 6 heteroatoms. The van der Waals surface area contributed by atoms with E-state index >= 15 is 0 Å². The molecule has 1 N–H and O–H groups in total. The minimum atomic E-state index is -1.17. The minimum Gasteiger partial charge on any atom is -0.491 e. The van der Waals surface area contributed by atoms with Crippen LogP contribution >= 0.6 is 0 Å². The summed E-state index contributed by atoms with van der Waals surface area (Å²) in [5, 5.41) is 9.81. The van der Waals surface area contributed by atoms with Gasteiger partial charge in [0.2, 0.25) is 0 Å². The summed E-state index contributed by atoms with van der Waals surface area (Å²) < 4.78 is 16.8. The maximum Gasteiger partial charge on any atom is 0.335 e. The van der Waals surface area contributed by atoms with Crippen molar-refractivity contribution in [2.45, 2.75) is 64.3 Å². The molecule has 196 valence electrons. The normalized spacial score (nSPS) is 13.3. The predicted molar refractivity (Wildman–Crippen MR) is 143 cm³/mol. The van der Waals surface area contributed by atoms with E-state index in [4.69, 9.17) is 9.47 Å². The Kier molecular flexibility index (Phi) is 10.7. The first-order chi connectivity index (χ1) is 17.9. The predicted octanol–water partition coefficient (Wildman–Crippen LogP) is 5.59. The lowest BCUT2D eigenvalue weighted by molar-refractivity contribution is -0.150. The number of aliphatic hydroxyl groups excluding tert-OH is 1. The lowest BCUT2D eigenvalue weighted by Crippen LogP contribution is -2.24. The number of esters is 1. The molecule has 3 aromatic carbocycles. The molecule has 0 saturated carbocycles. The minimum absolute atomic E-state index is 0.00861. The van der Waals surface area contributed by atoms with Crippen molar-refractivity contribution in [3.8, 4) is 11.5 Å². The van der Waals surface area contributed by atoms with Gasteiger partial charge in [0.1, 0.15) is 11.5 Å². The molecule has 0 aromatic heterocycles. The summed E-state index contributed by atoms with van der Waals surface area (Å²) in [4.78, 5) is 23.9. The molecular weight excluding hydrogens is 468 g/mol. The smallest absolute Gasteiger partial charge is 0.335 e. The lowest BCUT2D eigenvalue weighted by Gasteiger charge is -2.21. The molecular formula is C31H36O6. The maximum absolute atomic E-state index is 12.5. The van der Waals surface area contributed by atoms with E-state index in [0.717, 1.165) is 41.9 Å². The fourth-order valence-electron chi connectivity index (χ4n) is 4.00. The van der Waals surface area contributed by atoms with Crippen LogP contribution in [0.15, 0.2) is 78.9 Å². The van der Waals surface area contributed by atoms with E-state index in [1.807, 2.05) is 85.8 Å². The molecule has 3 aromatic rings. The molecule has 0 aliphatic carbocycles. The number of aliphatic hydroxyl groups is 1. The fraction of sp³-hybridized carbons (Fsp3) is 0.355. The lowest BCUT2D eigenvalue weighted by atomic mass is 10.0. The highest BCUT2D eigenvalue weighted by molar-refractivity contribution is 5.97. The Morgan fingerprint density at radius 3 is 2.05 bits per heavy atom. The van der Waals surface area contributed by atoms with Gasteiger partial charge in [-0.15, -0.1) is 0 Å². The second-order valence-electron chi connectivity index (χ2n) is 9.15. The van der Waals surface area contributed by atoms with E-state index in [9.17, 15) is 14.7 Å². The third-order valence-electron chi connectivity index (χ3n) is 6.20. The van der Waals surface area contributed by atoms with Gasteiger partial charge in [-0.1, -0.05) is 49.4 Å². The zero-order valence-electron chi connectivity index (χ0n) is 21.8. The summed E-state index contributed by atoms with van der Waals surface area (Å²) in [5.41, 5.74) is 2.50. The second-order valence-corrected chi connectivity index (χ2v) is 9.15. The van der Waals surface area contributed by atoms with Gasteiger partial charge < -0.3 is 19.3 Å². The van der Waals surface area contributed by atoms with Crippen molar-refractivity contribution in [2.75, 3.05) is 7.11 Å². The van der Waals surface area contributed by atoms with Gasteiger partial charge in [-0.05, 0) is 73.7 Å².